The van der Waals surface area contributed by atoms with E-state index < -0.39 is 0 Å². The SMILES string of the molecule is CCn1ncc(OC)c1C(Cc1ccccc1Cl)NN. The van der Waals surface area contributed by atoms with Gasteiger partial charge in [-0.15, -0.1) is 0 Å². The predicted molar refractivity (Wildman–Crippen MR) is 79.7 cm³/mol. The van der Waals surface area contributed by atoms with Crippen LogP contribution in [0.15, 0.2) is 30.5 Å². The molecule has 1 aromatic heterocycles. The Balaban J connectivity index is 2.33. The van der Waals surface area contributed by atoms with Gasteiger partial charge in [0.2, 0.25) is 0 Å². The highest BCUT2D eigenvalue weighted by molar-refractivity contribution is 6.31. The van der Waals surface area contributed by atoms with Crippen LogP contribution in [0.4, 0.5) is 0 Å². The van der Waals surface area contributed by atoms with Crippen LogP contribution in [0.5, 0.6) is 5.75 Å². The second-order valence-electron chi connectivity index (χ2n) is 4.43. The molecule has 2 rings (SSSR count). The van der Waals surface area contributed by atoms with E-state index in [1.807, 2.05) is 35.9 Å². The maximum atomic E-state index is 6.21. The standard InChI is InChI=1S/C14H19ClN4O/c1-3-19-14(13(20-2)9-17-19)12(18-16)8-10-6-4-5-7-11(10)15/h4-7,9,12,18H,3,8,16H2,1-2H3. The number of nitrogens with one attached hydrogen (secondary N) is 1. The summed E-state index contributed by atoms with van der Waals surface area (Å²) in [6.07, 6.45) is 2.37. The summed E-state index contributed by atoms with van der Waals surface area (Å²) in [5.41, 5.74) is 4.79. The molecule has 0 fully saturated rings. The Labute approximate surface area is 123 Å². The van der Waals surface area contributed by atoms with E-state index in [1.54, 1.807) is 13.3 Å². The molecular formula is C14H19ClN4O. The lowest BCUT2D eigenvalue weighted by atomic mass is 10.0. The van der Waals surface area contributed by atoms with Crippen molar-refractivity contribution in [1.82, 2.24) is 15.2 Å². The average molecular weight is 295 g/mol. The lowest BCUT2D eigenvalue weighted by Gasteiger charge is -2.19. The quantitative estimate of drug-likeness (QED) is 0.634. The smallest absolute Gasteiger partial charge is 0.161 e. The molecule has 1 heterocycles. The first-order chi connectivity index (χ1) is 9.71. The molecule has 0 aliphatic rings. The molecule has 0 spiro atoms. The number of benzene rings is 1. The van der Waals surface area contributed by atoms with Crippen molar-refractivity contribution in [2.75, 3.05) is 7.11 Å². The summed E-state index contributed by atoms with van der Waals surface area (Å²) in [6.45, 7) is 2.78. The second kappa shape index (κ2) is 6.74. The zero-order valence-corrected chi connectivity index (χ0v) is 12.4. The van der Waals surface area contributed by atoms with Crippen LogP contribution in [0, 0.1) is 0 Å². The zero-order valence-electron chi connectivity index (χ0n) is 11.6. The van der Waals surface area contributed by atoms with E-state index in [-0.39, 0.29) is 6.04 Å². The molecule has 2 aromatic rings. The van der Waals surface area contributed by atoms with Crippen molar-refractivity contribution in [3.63, 3.8) is 0 Å². The second-order valence-corrected chi connectivity index (χ2v) is 4.84. The number of hydrazine groups is 1. The van der Waals surface area contributed by atoms with Gasteiger partial charge in [0.05, 0.1) is 25.0 Å². The number of hydrogen-bond donors (Lipinski definition) is 2. The molecule has 1 aromatic carbocycles. The van der Waals surface area contributed by atoms with Gasteiger partial charge in [-0.25, -0.2) is 0 Å². The molecule has 108 valence electrons. The molecule has 0 bridgehead atoms. The van der Waals surface area contributed by atoms with E-state index in [0.717, 1.165) is 28.6 Å². The Morgan fingerprint density at radius 2 is 2.20 bits per heavy atom. The van der Waals surface area contributed by atoms with Crippen LogP contribution in [-0.4, -0.2) is 16.9 Å². The van der Waals surface area contributed by atoms with Crippen LogP contribution in [0.25, 0.3) is 0 Å². The number of rotatable bonds is 6. The Morgan fingerprint density at radius 3 is 2.80 bits per heavy atom. The third kappa shape index (κ3) is 2.95. The largest absolute Gasteiger partial charge is 0.493 e. The van der Waals surface area contributed by atoms with Gasteiger partial charge in [-0.1, -0.05) is 29.8 Å². The van der Waals surface area contributed by atoms with Gasteiger partial charge in [-0.2, -0.15) is 5.10 Å². The van der Waals surface area contributed by atoms with E-state index in [1.165, 1.54) is 0 Å². The molecule has 0 aliphatic heterocycles. The Hall–Kier alpha value is -1.56. The Kier molecular flexibility index (Phi) is 5.00. The van der Waals surface area contributed by atoms with Gasteiger partial charge in [0.15, 0.2) is 5.75 Å². The molecule has 6 heteroatoms. The number of nitrogens with two attached hydrogens (primary N) is 1. The summed E-state index contributed by atoms with van der Waals surface area (Å²) in [5, 5.41) is 5.03. The summed E-state index contributed by atoms with van der Waals surface area (Å²) < 4.78 is 7.24. The van der Waals surface area contributed by atoms with Gasteiger partial charge in [0.25, 0.3) is 0 Å². The van der Waals surface area contributed by atoms with Crippen LogP contribution >= 0.6 is 11.6 Å². The first-order valence-corrected chi connectivity index (χ1v) is 6.88. The molecular weight excluding hydrogens is 276 g/mol. The van der Waals surface area contributed by atoms with Gasteiger partial charge in [0, 0.05) is 11.6 Å². The van der Waals surface area contributed by atoms with E-state index in [2.05, 4.69) is 10.5 Å². The van der Waals surface area contributed by atoms with Crippen molar-refractivity contribution in [2.45, 2.75) is 25.9 Å². The van der Waals surface area contributed by atoms with Crippen molar-refractivity contribution in [1.29, 1.82) is 0 Å². The first kappa shape index (κ1) is 14.8. The monoisotopic (exact) mass is 294 g/mol. The van der Waals surface area contributed by atoms with Gasteiger partial charge in [-0.3, -0.25) is 16.0 Å². The first-order valence-electron chi connectivity index (χ1n) is 6.50. The summed E-state index contributed by atoms with van der Waals surface area (Å²) >= 11 is 6.21. The predicted octanol–water partition coefficient (Wildman–Crippen LogP) is 2.31. The van der Waals surface area contributed by atoms with Crippen LogP contribution < -0.4 is 16.0 Å². The number of nitrogens with zero attached hydrogens (tertiary/aromatic N) is 2. The van der Waals surface area contributed by atoms with Gasteiger partial charge in [-0.05, 0) is 25.0 Å². The number of aryl methyl sites for hydroxylation is 1. The fourth-order valence-corrected chi connectivity index (χ4v) is 2.47. The summed E-state index contributed by atoms with van der Waals surface area (Å²) in [7, 11) is 1.63. The maximum absolute atomic E-state index is 6.21. The zero-order chi connectivity index (χ0) is 14.5. The normalized spacial score (nSPS) is 12.4. The van der Waals surface area contributed by atoms with Crippen LogP contribution in [0.2, 0.25) is 5.02 Å². The van der Waals surface area contributed by atoms with Crippen LogP contribution in [-0.2, 0) is 13.0 Å². The molecule has 1 atom stereocenters. The van der Waals surface area contributed by atoms with Crippen molar-refractivity contribution < 1.29 is 4.74 Å². The van der Waals surface area contributed by atoms with E-state index in [4.69, 9.17) is 22.2 Å². The lowest BCUT2D eigenvalue weighted by Crippen LogP contribution is -2.31. The molecule has 3 N–H and O–H groups in total. The third-order valence-electron chi connectivity index (χ3n) is 3.28. The number of ether oxygens (including phenoxy) is 1. The lowest BCUT2D eigenvalue weighted by molar-refractivity contribution is 0.391. The highest BCUT2D eigenvalue weighted by Gasteiger charge is 2.21. The van der Waals surface area contributed by atoms with Crippen LogP contribution in [0.3, 0.4) is 0 Å². The van der Waals surface area contributed by atoms with Crippen molar-refractivity contribution in [3.8, 4) is 5.75 Å². The van der Waals surface area contributed by atoms with E-state index in [0.29, 0.717) is 6.42 Å². The summed E-state index contributed by atoms with van der Waals surface area (Å²) in [5.74, 6) is 6.44. The fraction of sp³-hybridized carbons (Fsp3) is 0.357. The molecule has 0 saturated heterocycles. The topological polar surface area (TPSA) is 65.1 Å². The minimum absolute atomic E-state index is 0.118. The summed E-state index contributed by atoms with van der Waals surface area (Å²) in [4.78, 5) is 0. The number of methoxy groups -OCH3 is 1. The van der Waals surface area contributed by atoms with Crippen LogP contribution in [0.1, 0.15) is 24.2 Å². The third-order valence-corrected chi connectivity index (χ3v) is 3.65. The van der Waals surface area contributed by atoms with Gasteiger partial charge < -0.3 is 4.74 Å². The Bertz CT molecular complexity index is 549. The maximum Gasteiger partial charge on any atom is 0.161 e. The van der Waals surface area contributed by atoms with E-state index in [9.17, 15) is 0 Å². The molecule has 0 saturated carbocycles. The minimum atomic E-state index is -0.118. The van der Waals surface area contributed by atoms with Crippen molar-refractivity contribution >= 4 is 11.6 Å². The Morgan fingerprint density at radius 1 is 1.45 bits per heavy atom. The average Bonchev–Trinajstić information content (AvgIpc) is 2.89. The number of aromatic nitrogens is 2. The molecule has 0 aliphatic carbocycles. The number of hydrogen-bond acceptors (Lipinski definition) is 4. The van der Waals surface area contributed by atoms with Gasteiger partial charge in [0.1, 0.15) is 0 Å². The molecule has 20 heavy (non-hydrogen) atoms. The molecule has 0 amide bonds. The summed E-state index contributed by atoms with van der Waals surface area (Å²) in [6, 6.07) is 7.62. The number of halogens is 1. The fourth-order valence-electron chi connectivity index (χ4n) is 2.26. The minimum Gasteiger partial charge on any atom is -0.493 e. The van der Waals surface area contributed by atoms with E-state index >= 15 is 0 Å². The highest BCUT2D eigenvalue weighted by Crippen LogP contribution is 2.29. The van der Waals surface area contributed by atoms with Crippen molar-refractivity contribution in [3.05, 3.63) is 46.7 Å². The molecule has 5 nitrogen and oxygen atoms in total. The van der Waals surface area contributed by atoms with Gasteiger partial charge >= 0.3 is 0 Å². The molecule has 0 radical (unpaired) electrons. The highest BCUT2D eigenvalue weighted by atomic mass is 35.5. The molecule has 1 unspecified atom stereocenters. The van der Waals surface area contributed by atoms with Crippen molar-refractivity contribution in [2.24, 2.45) is 5.84 Å².